The smallest absolute Gasteiger partial charge is 0.256 e. The van der Waals surface area contributed by atoms with Crippen LogP contribution in [0.3, 0.4) is 0 Å². The van der Waals surface area contributed by atoms with E-state index in [-0.39, 0.29) is 17.7 Å². The molecule has 0 aromatic heterocycles. The third-order valence-corrected chi connectivity index (χ3v) is 4.78. The van der Waals surface area contributed by atoms with Crippen LogP contribution in [0.4, 0.5) is 5.69 Å². The van der Waals surface area contributed by atoms with E-state index in [2.05, 4.69) is 10.6 Å². The molecule has 1 unspecified atom stereocenters. The number of aromatic hydroxyl groups is 1. The predicted octanol–water partition coefficient (Wildman–Crippen LogP) is 3.16. The minimum Gasteiger partial charge on any atom is -0.504 e. The Morgan fingerprint density at radius 2 is 2.00 bits per heavy atom. The number of amides is 1. The number of phenolic OH excluding ortho intramolecular Hbond substituents is 1. The molecule has 4 rings (SSSR count). The lowest BCUT2D eigenvalue weighted by Crippen LogP contribution is -2.19. The maximum Gasteiger partial charge on any atom is 0.256 e. The topological polar surface area (TPSA) is 70.6 Å². The average molecular weight is 336 g/mol. The first kappa shape index (κ1) is 15.7. The first-order valence-corrected chi connectivity index (χ1v) is 8.44. The summed E-state index contributed by atoms with van der Waals surface area (Å²) in [5.41, 5.74) is 4.37. The van der Waals surface area contributed by atoms with Gasteiger partial charge in [-0.1, -0.05) is 24.3 Å². The van der Waals surface area contributed by atoms with Gasteiger partial charge in [0.05, 0.1) is 7.11 Å². The number of hydrogen-bond acceptors (Lipinski definition) is 4. The van der Waals surface area contributed by atoms with Gasteiger partial charge in [0.2, 0.25) is 0 Å². The second-order valence-corrected chi connectivity index (χ2v) is 6.38. The molecule has 5 heteroatoms. The van der Waals surface area contributed by atoms with Crippen LogP contribution in [-0.4, -0.2) is 30.7 Å². The van der Waals surface area contributed by atoms with Crippen LogP contribution in [-0.2, 0) is 4.79 Å². The second kappa shape index (κ2) is 6.26. The zero-order valence-electron chi connectivity index (χ0n) is 14.0. The van der Waals surface area contributed by atoms with E-state index in [0.29, 0.717) is 5.75 Å². The monoisotopic (exact) mass is 336 g/mol. The second-order valence-electron chi connectivity index (χ2n) is 6.38. The summed E-state index contributed by atoms with van der Waals surface area (Å²) < 4.78 is 5.17. The van der Waals surface area contributed by atoms with Crippen molar-refractivity contribution in [3.63, 3.8) is 0 Å². The third-order valence-electron chi connectivity index (χ3n) is 4.78. The van der Waals surface area contributed by atoms with E-state index < -0.39 is 0 Å². The molecule has 1 saturated heterocycles. The van der Waals surface area contributed by atoms with E-state index in [9.17, 15) is 9.90 Å². The van der Waals surface area contributed by atoms with E-state index in [0.717, 1.165) is 47.3 Å². The van der Waals surface area contributed by atoms with Crippen LogP contribution in [0.15, 0.2) is 42.5 Å². The van der Waals surface area contributed by atoms with Crippen molar-refractivity contribution < 1.29 is 14.6 Å². The number of hydrogen-bond donors (Lipinski definition) is 3. The van der Waals surface area contributed by atoms with Crippen LogP contribution in [0, 0.1) is 0 Å². The number of carbonyl (C=O) groups is 1. The maximum absolute atomic E-state index is 12.4. The van der Waals surface area contributed by atoms with Crippen LogP contribution >= 0.6 is 0 Å². The highest BCUT2D eigenvalue weighted by Crippen LogP contribution is 2.37. The number of nitrogens with one attached hydrogen (secondary N) is 2. The van der Waals surface area contributed by atoms with Gasteiger partial charge in [0.15, 0.2) is 11.5 Å². The van der Waals surface area contributed by atoms with E-state index in [1.54, 1.807) is 12.1 Å². The number of carbonyl (C=O) groups excluding carboxylic acids is 1. The Kier molecular flexibility index (Phi) is 3.93. The Morgan fingerprint density at radius 1 is 1.20 bits per heavy atom. The number of anilines is 1. The molecule has 2 aliphatic heterocycles. The van der Waals surface area contributed by atoms with E-state index in [1.165, 1.54) is 7.11 Å². The summed E-state index contributed by atoms with van der Waals surface area (Å²) in [6.07, 6.45) is 4.25. The minimum atomic E-state index is -0.0517. The zero-order chi connectivity index (χ0) is 17.4. The van der Waals surface area contributed by atoms with Gasteiger partial charge in [-0.3, -0.25) is 4.79 Å². The zero-order valence-corrected chi connectivity index (χ0v) is 14.0. The maximum atomic E-state index is 12.4. The Labute approximate surface area is 146 Å². The summed E-state index contributed by atoms with van der Waals surface area (Å²) in [4.78, 5) is 12.4. The summed E-state index contributed by atoms with van der Waals surface area (Å²) in [7, 11) is 1.52. The Bertz CT molecular complexity index is 867. The van der Waals surface area contributed by atoms with Crippen molar-refractivity contribution in [3.8, 4) is 22.6 Å². The lowest BCUT2D eigenvalue weighted by atomic mass is 9.99. The van der Waals surface area contributed by atoms with Gasteiger partial charge in [0.25, 0.3) is 5.91 Å². The molecule has 0 aliphatic carbocycles. The SMILES string of the molecule is COc1cc(-c2ccc3c(c2)NC(=O)/C3=C\C2CCCN2)ccc1O. The molecule has 1 atom stereocenters. The predicted molar refractivity (Wildman–Crippen MR) is 97.7 cm³/mol. The Balaban J connectivity index is 1.69. The lowest BCUT2D eigenvalue weighted by Gasteiger charge is -2.09. The molecule has 2 aromatic rings. The number of ether oxygens (including phenoxy) is 1. The van der Waals surface area contributed by atoms with Gasteiger partial charge in [0.1, 0.15) is 0 Å². The molecule has 2 aliphatic rings. The summed E-state index contributed by atoms with van der Waals surface area (Å²) in [5.74, 6) is 0.481. The molecule has 0 bridgehead atoms. The lowest BCUT2D eigenvalue weighted by molar-refractivity contribution is -0.110. The van der Waals surface area contributed by atoms with E-state index in [4.69, 9.17) is 4.74 Å². The third kappa shape index (κ3) is 2.87. The highest BCUT2D eigenvalue weighted by molar-refractivity contribution is 6.31. The van der Waals surface area contributed by atoms with Gasteiger partial charge in [-0.15, -0.1) is 0 Å². The van der Waals surface area contributed by atoms with Crippen LogP contribution in [0.5, 0.6) is 11.5 Å². The highest BCUT2D eigenvalue weighted by Gasteiger charge is 2.26. The molecule has 1 fully saturated rings. The largest absolute Gasteiger partial charge is 0.504 e. The van der Waals surface area contributed by atoms with Gasteiger partial charge in [-0.05, 0) is 48.7 Å². The standard InChI is InChI=1S/C20H20N2O3/c1-25-19-10-13(5-7-18(19)23)12-4-6-15-16(11-14-3-2-8-21-14)20(24)22-17(15)9-12/h4-7,9-11,14,21,23H,2-3,8H2,1H3,(H,22,24)/b16-11-. The molecule has 0 radical (unpaired) electrons. The van der Waals surface area contributed by atoms with Crippen molar-refractivity contribution in [2.24, 2.45) is 0 Å². The quantitative estimate of drug-likeness (QED) is 0.753. The van der Waals surface area contributed by atoms with Crippen LogP contribution in [0.25, 0.3) is 16.7 Å². The van der Waals surface area contributed by atoms with Crippen molar-refractivity contribution in [2.75, 3.05) is 19.0 Å². The summed E-state index contributed by atoms with van der Waals surface area (Å²) >= 11 is 0. The van der Waals surface area contributed by atoms with Crippen LogP contribution in [0.2, 0.25) is 0 Å². The van der Waals surface area contributed by atoms with E-state index in [1.807, 2.05) is 30.3 Å². The highest BCUT2D eigenvalue weighted by atomic mass is 16.5. The first-order chi connectivity index (χ1) is 12.2. The van der Waals surface area contributed by atoms with Crippen molar-refractivity contribution in [1.82, 2.24) is 5.32 Å². The van der Waals surface area contributed by atoms with Gasteiger partial charge >= 0.3 is 0 Å². The average Bonchev–Trinajstić information content (AvgIpc) is 3.23. The molecule has 2 heterocycles. The van der Waals surface area contributed by atoms with Crippen LogP contribution < -0.4 is 15.4 Å². The molecule has 128 valence electrons. The number of methoxy groups -OCH3 is 1. The molecule has 1 amide bonds. The molecule has 0 spiro atoms. The normalized spacial score (nSPS) is 20.6. The number of rotatable bonds is 3. The van der Waals surface area contributed by atoms with Crippen molar-refractivity contribution >= 4 is 17.2 Å². The molecule has 3 N–H and O–H groups in total. The van der Waals surface area contributed by atoms with Crippen molar-refractivity contribution in [3.05, 3.63) is 48.0 Å². The summed E-state index contributed by atoms with van der Waals surface area (Å²) in [6, 6.07) is 11.4. The number of phenols is 1. The van der Waals surface area contributed by atoms with Crippen molar-refractivity contribution in [2.45, 2.75) is 18.9 Å². The fourth-order valence-electron chi connectivity index (χ4n) is 3.45. The molecule has 0 saturated carbocycles. The fourth-order valence-corrected chi connectivity index (χ4v) is 3.45. The summed E-state index contributed by atoms with van der Waals surface area (Å²) in [5, 5.41) is 16.1. The molecular formula is C20H20N2O3. The molecule has 2 aromatic carbocycles. The van der Waals surface area contributed by atoms with Gasteiger partial charge < -0.3 is 20.5 Å². The summed E-state index contributed by atoms with van der Waals surface area (Å²) in [6.45, 7) is 1.00. The van der Waals surface area contributed by atoms with Crippen LogP contribution in [0.1, 0.15) is 18.4 Å². The number of benzene rings is 2. The Morgan fingerprint density at radius 3 is 2.76 bits per heavy atom. The van der Waals surface area contributed by atoms with E-state index >= 15 is 0 Å². The Hall–Kier alpha value is -2.79. The van der Waals surface area contributed by atoms with Gasteiger partial charge in [0, 0.05) is 22.9 Å². The minimum absolute atomic E-state index is 0.0517. The molecular weight excluding hydrogens is 316 g/mol. The number of fused-ring (bicyclic) bond motifs is 1. The van der Waals surface area contributed by atoms with Gasteiger partial charge in [-0.25, -0.2) is 0 Å². The first-order valence-electron chi connectivity index (χ1n) is 8.44. The van der Waals surface area contributed by atoms with Gasteiger partial charge in [-0.2, -0.15) is 0 Å². The van der Waals surface area contributed by atoms with Crippen molar-refractivity contribution in [1.29, 1.82) is 0 Å². The molecule has 25 heavy (non-hydrogen) atoms. The molecule has 5 nitrogen and oxygen atoms in total. The fraction of sp³-hybridized carbons (Fsp3) is 0.250.